The lowest BCUT2D eigenvalue weighted by Crippen LogP contribution is -2.27. The molecule has 0 unspecified atom stereocenters. The molecule has 10 nitrogen and oxygen atoms in total. The summed E-state index contributed by atoms with van der Waals surface area (Å²) in [5.41, 5.74) is 12.2. The highest BCUT2D eigenvalue weighted by atomic mass is 16.5. The molecule has 0 saturated carbocycles. The summed E-state index contributed by atoms with van der Waals surface area (Å²) in [6.45, 7) is 2.40. The second kappa shape index (κ2) is 12.1. The van der Waals surface area contributed by atoms with E-state index < -0.39 is 5.97 Å². The first kappa shape index (κ1) is 23.6. The van der Waals surface area contributed by atoms with E-state index in [0.717, 1.165) is 12.5 Å². The van der Waals surface area contributed by atoms with Gasteiger partial charge in [0.2, 0.25) is 5.95 Å². The first-order chi connectivity index (χ1) is 13.8. The van der Waals surface area contributed by atoms with E-state index in [-0.39, 0.29) is 11.9 Å². The smallest absolute Gasteiger partial charge is 0.300 e. The van der Waals surface area contributed by atoms with Gasteiger partial charge in [0.05, 0.1) is 19.3 Å². The molecule has 0 aliphatic carbocycles. The number of methoxy groups -OCH3 is 1. The lowest BCUT2D eigenvalue weighted by Gasteiger charge is -2.19. The van der Waals surface area contributed by atoms with Gasteiger partial charge in [0.25, 0.3) is 11.9 Å². The lowest BCUT2D eigenvalue weighted by atomic mass is 10.1. The highest BCUT2D eigenvalue weighted by Crippen LogP contribution is 2.26. The van der Waals surface area contributed by atoms with Crippen LogP contribution in [0.5, 0.6) is 11.5 Å². The molecule has 2 aromatic rings. The summed E-state index contributed by atoms with van der Waals surface area (Å²) in [5.74, 6) is 0.248. The van der Waals surface area contributed by atoms with E-state index in [9.17, 15) is 4.79 Å². The Bertz CT molecular complexity index is 794. The second-order valence-electron chi connectivity index (χ2n) is 5.98. The Labute approximate surface area is 169 Å². The topological polar surface area (TPSA) is 154 Å². The number of carboxylic acids is 1. The van der Waals surface area contributed by atoms with Crippen molar-refractivity contribution in [3.8, 4) is 11.5 Å². The van der Waals surface area contributed by atoms with Crippen LogP contribution in [0.3, 0.4) is 0 Å². The molecule has 2 rings (SSSR count). The van der Waals surface area contributed by atoms with Crippen LogP contribution in [0, 0.1) is 0 Å². The van der Waals surface area contributed by atoms with E-state index in [1.807, 2.05) is 0 Å². The van der Waals surface area contributed by atoms with Crippen molar-refractivity contribution in [2.75, 3.05) is 33.0 Å². The number of anilines is 1. The molecule has 29 heavy (non-hydrogen) atoms. The molecule has 10 heteroatoms. The minimum atomic E-state index is -0.833. The van der Waals surface area contributed by atoms with E-state index in [2.05, 4.69) is 9.97 Å². The molecule has 0 aliphatic heterocycles. The average Bonchev–Trinajstić information content (AvgIpc) is 2.69. The third-order valence-electron chi connectivity index (χ3n) is 3.51. The van der Waals surface area contributed by atoms with Gasteiger partial charge in [0.1, 0.15) is 11.5 Å². The normalized spacial score (nSPS) is 9.79. The van der Waals surface area contributed by atoms with Crippen LogP contribution >= 0.6 is 0 Å². The fourth-order valence-corrected chi connectivity index (χ4v) is 2.19. The first-order valence-electron chi connectivity index (χ1n) is 8.80. The molecule has 1 aromatic carbocycles. The van der Waals surface area contributed by atoms with Gasteiger partial charge in [-0.1, -0.05) is 0 Å². The third kappa shape index (κ3) is 8.43. The van der Waals surface area contributed by atoms with Crippen molar-refractivity contribution in [1.82, 2.24) is 14.9 Å². The van der Waals surface area contributed by atoms with Crippen molar-refractivity contribution in [3.05, 3.63) is 41.7 Å². The standard InChI is InChI=1S/C17H23N5O3.C2H4O2/c1-22(11-12-9-20-17(19)21-10-12)16(23)14-8-13(24-2)4-5-15(14)25-7-3-6-18;1-2(3)4/h4-5,8-10H,3,6-7,11,18H2,1-2H3,(H2,19,20,21);1H3,(H,3,4). The van der Waals surface area contributed by atoms with Crippen LogP contribution in [0.15, 0.2) is 30.6 Å². The third-order valence-corrected chi connectivity index (χ3v) is 3.51. The predicted octanol–water partition coefficient (Wildman–Crippen LogP) is 1.16. The molecule has 0 atom stereocenters. The summed E-state index contributed by atoms with van der Waals surface area (Å²) in [6.07, 6.45) is 3.89. The Morgan fingerprint density at radius 2 is 1.86 bits per heavy atom. The number of rotatable bonds is 8. The zero-order chi connectivity index (χ0) is 21.8. The Hall–Kier alpha value is -3.40. The number of ether oxygens (including phenoxy) is 2. The SMILES string of the molecule is CC(=O)O.COc1ccc(OCCCN)c(C(=O)N(C)Cc2cnc(N)nc2)c1. The zero-order valence-corrected chi connectivity index (χ0v) is 16.8. The average molecular weight is 405 g/mol. The molecule has 1 heterocycles. The molecule has 0 aliphatic rings. The molecule has 0 spiro atoms. The maximum Gasteiger partial charge on any atom is 0.300 e. The fraction of sp³-hybridized carbons (Fsp3) is 0.368. The quantitative estimate of drug-likeness (QED) is 0.549. The van der Waals surface area contributed by atoms with Crippen molar-refractivity contribution >= 4 is 17.8 Å². The van der Waals surface area contributed by atoms with Crippen LogP contribution in [0.2, 0.25) is 0 Å². The number of benzene rings is 1. The molecule has 1 amide bonds. The van der Waals surface area contributed by atoms with E-state index in [1.54, 1.807) is 49.7 Å². The highest BCUT2D eigenvalue weighted by molar-refractivity contribution is 5.97. The van der Waals surface area contributed by atoms with Crippen molar-refractivity contribution < 1.29 is 24.2 Å². The predicted molar refractivity (Wildman–Crippen MR) is 108 cm³/mol. The van der Waals surface area contributed by atoms with Crippen molar-refractivity contribution in [2.45, 2.75) is 19.9 Å². The van der Waals surface area contributed by atoms with Crippen LogP contribution in [0.1, 0.15) is 29.3 Å². The molecule has 0 fully saturated rings. The van der Waals surface area contributed by atoms with Crippen molar-refractivity contribution in [1.29, 1.82) is 0 Å². The molecule has 0 saturated heterocycles. The largest absolute Gasteiger partial charge is 0.497 e. The van der Waals surface area contributed by atoms with Crippen LogP contribution in [-0.2, 0) is 11.3 Å². The summed E-state index contributed by atoms with van der Waals surface area (Å²) < 4.78 is 10.9. The number of aliphatic carboxylic acids is 1. The van der Waals surface area contributed by atoms with E-state index in [0.29, 0.717) is 43.2 Å². The number of carbonyl (C=O) groups excluding carboxylic acids is 1. The first-order valence-corrected chi connectivity index (χ1v) is 8.80. The number of aromatic nitrogens is 2. The Balaban J connectivity index is 0.000000960. The van der Waals surface area contributed by atoms with Gasteiger partial charge in [-0.15, -0.1) is 0 Å². The monoisotopic (exact) mass is 405 g/mol. The van der Waals surface area contributed by atoms with Gasteiger partial charge in [-0.25, -0.2) is 9.97 Å². The second-order valence-corrected chi connectivity index (χ2v) is 5.98. The maximum absolute atomic E-state index is 12.8. The number of nitrogen functional groups attached to an aromatic ring is 1. The van der Waals surface area contributed by atoms with E-state index in [4.69, 9.17) is 30.8 Å². The number of carboxylic acid groups (broad SMARTS) is 1. The summed E-state index contributed by atoms with van der Waals surface area (Å²) in [6, 6.07) is 5.14. The summed E-state index contributed by atoms with van der Waals surface area (Å²) in [4.78, 5) is 31.3. The molecular weight excluding hydrogens is 378 g/mol. The lowest BCUT2D eigenvalue weighted by molar-refractivity contribution is -0.134. The molecular formula is C19H27N5O5. The minimum Gasteiger partial charge on any atom is -0.497 e. The number of nitrogens with two attached hydrogens (primary N) is 2. The fourth-order valence-electron chi connectivity index (χ4n) is 2.19. The van der Waals surface area contributed by atoms with Gasteiger partial charge in [-0.2, -0.15) is 0 Å². The molecule has 0 bridgehead atoms. The molecule has 158 valence electrons. The van der Waals surface area contributed by atoms with Crippen LogP contribution in [0.4, 0.5) is 5.95 Å². The van der Waals surface area contributed by atoms with E-state index in [1.165, 1.54) is 0 Å². The van der Waals surface area contributed by atoms with Crippen LogP contribution < -0.4 is 20.9 Å². The Kier molecular flexibility index (Phi) is 9.89. The highest BCUT2D eigenvalue weighted by Gasteiger charge is 2.18. The van der Waals surface area contributed by atoms with Gasteiger partial charge < -0.3 is 30.9 Å². The zero-order valence-electron chi connectivity index (χ0n) is 16.8. The molecule has 0 radical (unpaired) electrons. The summed E-state index contributed by atoms with van der Waals surface area (Å²) in [5, 5.41) is 7.42. The summed E-state index contributed by atoms with van der Waals surface area (Å²) >= 11 is 0. The maximum atomic E-state index is 12.8. The van der Waals surface area contributed by atoms with Crippen LogP contribution in [0.25, 0.3) is 0 Å². The number of amides is 1. The van der Waals surface area contributed by atoms with Crippen molar-refractivity contribution in [3.63, 3.8) is 0 Å². The summed E-state index contributed by atoms with van der Waals surface area (Å²) in [7, 11) is 3.25. The van der Waals surface area contributed by atoms with Crippen LogP contribution in [-0.4, -0.2) is 59.2 Å². The van der Waals surface area contributed by atoms with Gasteiger partial charge in [0.15, 0.2) is 0 Å². The minimum absolute atomic E-state index is 0.195. The Morgan fingerprint density at radius 1 is 1.24 bits per heavy atom. The van der Waals surface area contributed by atoms with Gasteiger partial charge in [-0.3, -0.25) is 9.59 Å². The molecule has 5 N–H and O–H groups in total. The van der Waals surface area contributed by atoms with Crippen molar-refractivity contribution in [2.24, 2.45) is 5.73 Å². The Morgan fingerprint density at radius 3 is 2.41 bits per heavy atom. The number of hydrogen-bond acceptors (Lipinski definition) is 8. The van der Waals surface area contributed by atoms with Gasteiger partial charge >= 0.3 is 0 Å². The number of nitrogens with zero attached hydrogens (tertiary/aromatic N) is 3. The number of carbonyl (C=O) groups is 2. The molecule has 1 aromatic heterocycles. The number of hydrogen-bond donors (Lipinski definition) is 3. The van der Waals surface area contributed by atoms with Gasteiger partial charge in [0, 0.05) is 38.5 Å². The van der Waals surface area contributed by atoms with E-state index >= 15 is 0 Å². The van der Waals surface area contributed by atoms with Gasteiger partial charge in [-0.05, 0) is 31.2 Å².